The van der Waals surface area contributed by atoms with Gasteiger partial charge in [-0.1, -0.05) is 6.07 Å². The number of hydrogen-bond donors (Lipinski definition) is 1. The van der Waals surface area contributed by atoms with E-state index in [9.17, 15) is 0 Å². The Hall–Kier alpha value is -1.48. The van der Waals surface area contributed by atoms with E-state index in [1.165, 1.54) is 11.2 Å². The average molecular weight is 204 g/mol. The third-order valence-corrected chi connectivity index (χ3v) is 2.92. The lowest BCUT2D eigenvalue weighted by Crippen LogP contribution is -2.00. The monoisotopic (exact) mass is 204 g/mol. The van der Waals surface area contributed by atoms with Gasteiger partial charge in [0, 0.05) is 30.2 Å². The summed E-state index contributed by atoms with van der Waals surface area (Å²) in [5.74, 6) is 0.902. The molecule has 0 bridgehead atoms. The van der Waals surface area contributed by atoms with Crippen molar-refractivity contribution in [2.24, 2.45) is 12.8 Å². The third kappa shape index (κ3) is 1.39. The topological polar surface area (TPSA) is 40.2 Å². The lowest BCUT2D eigenvalue weighted by Gasteiger charge is -2.08. The van der Waals surface area contributed by atoms with Crippen LogP contribution in [-0.4, -0.2) is 11.7 Å². The molecule has 1 heterocycles. The van der Waals surface area contributed by atoms with E-state index in [0.717, 1.165) is 16.7 Å². The van der Waals surface area contributed by atoms with E-state index < -0.39 is 0 Å². The van der Waals surface area contributed by atoms with Crippen LogP contribution in [0.15, 0.2) is 18.2 Å². The molecule has 0 aliphatic heterocycles. The van der Waals surface area contributed by atoms with Crippen LogP contribution < -0.4 is 10.5 Å². The van der Waals surface area contributed by atoms with Gasteiger partial charge in [0.15, 0.2) is 0 Å². The van der Waals surface area contributed by atoms with Gasteiger partial charge in [-0.3, -0.25) is 0 Å². The number of rotatable bonds is 2. The summed E-state index contributed by atoms with van der Waals surface area (Å²) >= 11 is 0. The van der Waals surface area contributed by atoms with Gasteiger partial charge in [0.1, 0.15) is 5.75 Å². The minimum atomic E-state index is 0.507. The second kappa shape index (κ2) is 3.59. The van der Waals surface area contributed by atoms with Gasteiger partial charge in [-0.25, -0.2) is 0 Å². The highest BCUT2D eigenvalue weighted by molar-refractivity contribution is 5.88. The summed E-state index contributed by atoms with van der Waals surface area (Å²) in [4.78, 5) is 0. The van der Waals surface area contributed by atoms with Crippen LogP contribution in [0.25, 0.3) is 10.9 Å². The van der Waals surface area contributed by atoms with Gasteiger partial charge in [0.05, 0.1) is 12.6 Å². The molecule has 1 aromatic carbocycles. The maximum atomic E-state index is 5.68. The molecule has 0 fully saturated rings. The summed E-state index contributed by atoms with van der Waals surface area (Å²) in [6.07, 6.45) is 0. The fraction of sp³-hybridized carbons (Fsp3) is 0.333. The van der Waals surface area contributed by atoms with Gasteiger partial charge < -0.3 is 15.0 Å². The number of benzene rings is 1. The van der Waals surface area contributed by atoms with Crippen molar-refractivity contribution in [2.75, 3.05) is 7.11 Å². The molecule has 0 atom stereocenters. The Morgan fingerprint density at radius 3 is 2.73 bits per heavy atom. The molecule has 1 aromatic heterocycles. The van der Waals surface area contributed by atoms with Gasteiger partial charge >= 0.3 is 0 Å². The normalized spacial score (nSPS) is 10.9. The van der Waals surface area contributed by atoms with E-state index in [4.69, 9.17) is 10.5 Å². The summed E-state index contributed by atoms with van der Waals surface area (Å²) in [5, 5.41) is 1.14. The molecule has 2 rings (SSSR count). The van der Waals surface area contributed by atoms with Crippen molar-refractivity contribution in [2.45, 2.75) is 13.5 Å². The maximum Gasteiger partial charge on any atom is 0.132 e. The van der Waals surface area contributed by atoms with Gasteiger partial charge in [0.25, 0.3) is 0 Å². The summed E-state index contributed by atoms with van der Waals surface area (Å²) in [6, 6.07) is 6.25. The zero-order chi connectivity index (χ0) is 11.0. The van der Waals surface area contributed by atoms with Crippen LogP contribution in [-0.2, 0) is 13.6 Å². The zero-order valence-electron chi connectivity index (χ0n) is 9.37. The molecule has 0 radical (unpaired) electrons. The number of aryl methyl sites for hydroxylation is 2. The highest BCUT2D eigenvalue weighted by Crippen LogP contribution is 2.31. The number of methoxy groups -OCH3 is 1. The Morgan fingerprint density at radius 1 is 1.40 bits per heavy atom. The molecule has 3 nitrogen and oxygen atoms in total. The Balaban J connectivity index is 2.82. The van der Waals surface area contributed by atoms with Crippen molar-refractivity contribution >= 4 is 10.9 Å². The third-order valence-electron chi connectivity index (χ3n) is 2.92. The fourth-order valence-electron chi connectivity index (χ4n) is 1.96. The first-order valence-electron chi connectivity index (χ1n) is 5.01. The van der Waals surface area contributed by atoms with Crippen molar-refractivity contribution in [1.29, 1.82) is 0 Å². The first-order chi connectivity index (χ1) is 7.19. The number of fused-ring (bicyclic) bond motifs is 1. The zero-order valence-corrected chi connectivity index (χ0v) is 9.37. The molecule has 0 saturated carbocycles. The van der Waals surface area contributed by atoms with Crippen molar-refractivity contribution in [3.05, 3.63) is 29.5 Å². The van der Waals surface area contributed by atoms with Crippen molar-refractivity contribution in [1.82, 2.24) is 4.57 Å². The van der Waals surface area contributed by atoms with Crippen molar-refractivity contribution in [3.63, 3.8) is 0 Å². The predicted octanol–water partition coefficient (Wildman–Crippen LogP) is 1.95. The molecule has 3 heteroatoms. The minimum Gasteiger partial charge on any atom is -0.496 e. The molecule has 80 valence electrons. The quantitative estimate of drug-likeness (QED) is 0.812. The largest absolute Gasteiger partial charge is 0.496 e. The van der Waals surface area contributed by atoms with Crippen LogP contribution in [0, 0.1) is 6.92 Å². The molecule has 2 aromatic rings. The van der Waals surface area contributed by atoms with Gasteiger partial charge in [-0.2, -0.15) is 0 Å². The van der Waals surface area contributed by atoms with Crippen LogP contribution in [0.3, 0.4) is 0 Å². The van der Waals surface area contributed by atoms with E-state index in [2.05, 4.69) is 30.7 Å². The molecule has 0 aliphatic rings. The number of nitrogens with two attached hydrogens (primary N) is 1. The van der Waals surface area contributed by atoms with Gasteiger partial charge in [-0.15, -0.1) is 0 Å². The molecule has 2 N–H and O–H groups in total. The Bertz CT molecular complexity index is 500. The average Bonchev–Trinajstić information content (AvgIpc) is 2.54. The number of ether oxygens (including phenoxy) is 1. The SMILES string of the molecule is COc1c(CN)ccc2c1cc(C)n2C. The van der Waals surface area contributed by atoms with Crippen molar-refractivity contribution < 1.29 is 4.74 Å². The molecular formula is C12H16N2O. The Labute approximate surface area is 89.4 Å². The second-order valence-corrected chi connectivity index (χ2v) is 3.74. The Kier molecular flexibility index (Phi) is 2.40. The molecule has 0 aliphatic carbocycles. The summed E-state index contributed by atoms with van der Waals surface area (Å²) in [6.45, 7) is 2.59. The Morgan fingerprint density at radius 2 is 2.13 bits per heavy atom. The summed E-state index contributed by atoms with van der Waals surface area (Å²) in [7, 11) is 3.75. The van der Waals surface area contributed by atoms with E-state index >= 15 is 0 Å². The molecule has 0 amide bonds. The number of aromatic nitrogens is 1. The summed E-state index contributed by atoms with van der Waals surface area (Å²) in [5.41, 5.74) is 9.13. The number of nitrogens with zero attached hydrogens (tertiary/aromatic N) is 1. The summed E-state index contributed by atoms with van der Waals surface area (Å²) < 4.78 is 7.58. The molecule has 0 saturated heterocycles. The molecule has 0 spiro atoms. The van der Waals surface area contributed by atoms with Gasteiger partial charge in [-0.05, 0) is 19.1 Å². The van der Waals surface area contributed by atoms with E-state index in [-0.39, 0.29) is 0 Å². The van der Waals surface area contributed by atoms with Crippen LogP contribution in [0.2, 0.25) is 0 Å². The molecular weight excluding hydrogens is 188 g/mol. The lowest BCUT2D eigenvalue weighted by atomic mass is 10.1. The fourth-order valence-corrected chi connectivity index (χ4v) is 1.96. The molecule has 15 heavy (non-hydrogen) atoms. The van der Waals surface area contributed by atoms with E-state index in [0.29, 0.717) is 6.54 Å². The second-order valence-electron chi connectivity index (χ2n) is 3.74. The highest BCUT2D eigenvalue weighted by atomic mass is 16.5. The maximum absolute atomic E-state index is 5.68. The number of hydrogen-bond acceptors (Lipinski definition) is 2. The first-order valence-corrected chi connectivity index (χ1v) is 5.01. The van der Waals surface area contributed by atoms with Crippen LogP contribution in [0.1, 0.15) is 11.3 Å². The van der Waals surface area contributed by atoms with Crippen molar-refractivity contribution in [3.8, 4) is 5.75 Å². The predicted molar refractivity (Wildman–Crippen MR) is 62.1 cm³/mol. The lowest BCUT2D eigenvalue weighted by molar-refractivity contribution is 0.415. The standard InChI is InChI=1S/C12H16N2O/c1-8-6-10-11(14(8)2)5-4-9(7-13)12(10)15-3/h4-6H,7,13H2,1-3H3. The smallest absolute Gasteiger partial charge is 0.132 e. The highest BCUT2D eigenvalue weighted by Gasteiger charge is 2.10. The first kappa shape index (κ1) is 10.1. The van der Waals surface area contributed by atoms with Gasteiger partial charge in [0.2, 0.25) is 0 Å². The molecule has 0 unspecified atom stereocenters. The van der Waals surface area contributed by atoms with Crippen LogP contribution in [0.4, 0.5) is 0 Å². The van der Waals surface area contributed by atoms with Crippen LogP contribution >= 0.6 is 0 Å². The van der Waals surface area contributed by atoms with E-state index in [1.54, 1.807) is 7.11 Å². The van der Waals surface area contributed by atoms with E-state index in [1.807, 2.05) is 6.07 Å². The van der Waals surface area contributed by atoms with Crippen LogP contribution in [0.5, 0.6) is 5.75 Å². The minimum absolute atomic E-state index is 0.507.